The molecule has 0 radical (unpaired) electrons. The first-order chi connectivity index (χ1) is 10.7. The summed E-state index contributed by atoms with van der Waals surface area (Å²) in [4.78, 5) is 4.21. The van der Waals surface area contributed by atoms with Crippen molar-refractivity contribution in [3.8, 4) is 0 Å². The first kappa shape index (κ1) is 18.4. The van der Waals surface area contributed by atoms with Crippen molar-refractivity contribution in [3.05, 3.63) is 12.2 Å². The maximum absolute atomic E-state index is 5.55. The molecule has 22 heavy (non-hydrogen) atoms. The molecule has 0 aliphatic rings. The molecule has 0 unspecified atom stereocenters. The van der Waals surface area contributed by atoms with Gasteiger partial charge in [0.1, 0.15) is 12.2 Å². The molecule has 126 valence electrons. The van der Waals surface area contributed by atoms with Gasteiger partial charge in [0, 0.05) is 46.3 Å². The fraction of sp³-hybridized carbons (Fsp3) is 0.800. The number of rotatable bonds is 10. The van der Waals surface area contributed by atoms with E-state index in [-0.39, 0.29) is 0 Å². The summed E-state index contributed by atoms with van der Waals surface area (Å²) in [5.74, 6) is 2.41. The van der Waals surface area contributed by atoms with Gasteiger partial charge in [-0.25, -0.2) is 0 Å². The van der Waals surface area contributed by atoms with Gasteiger partial charge >= 0.3 is 0 Å². The lowest BCUT2D eigenvalue weighted by molar-refractivity contribution is 0.108. The van der Waals surface area contributed by atoms with Crippen molar-refractivity contribution in [2.24, 2.45) is 10.9 Å². The monoisotopic (exact) mass is 310 g/mol. The van der Waals surface area contributed by atoms with Gasteiger partial charge in [0.25, 0.3) is 0 Å². The molecule has 0 aromatic carbocycles. The number of hydrogen-bond acceptors (Lipinski definition) is 4. The minimum atomic E-state index is 0.591. The third kappa shape index (κ3) is 7.40. The third-order valence-corrected chi connectivity index (χ3v) is 3.09. The molecule has 0 spiro atoms. The molecular weight excluding hydrogens is 280 g/mol. The Kier molecular flexibility index (Phi) is 9.21. The highest BCUT2D eigenvalue weighted by atomic mass is 16.5. The second-order valence-corrected chi connectivity index (χ2v) is 5.54. The zero-order valence-electron chi connectivity index (χ0n) is 14.3. The van der Waals surface area contributed by atoms with Crippen LogP contribution in [0.25, 0.3) is 0 Å². The summed E-state index contributed by atoms with van der Waals surface area (Å²) in [6.07, 6.45) is 3.63. The van der Waals surface area contributed by atoms with Crippen molar-refractivity contribution in [1.29, 1.82) is 0 Å². The van der Waals surface area contributed by atoms with Gasteiger partial charge in [0.05, 0.1) is 0 Å². The van der Waals surface area contributed by atoms with Crippen molar-refractivity contribution in [1.82, 2.24) is 25.4 Å². The van der Waals surface area contributed by atoms with E-state index >= 15 is 0 Å². The molecule has 0 atom stereocenters. The van der Waals surface area contributed by atoms with Gasteiger partial charge in [-0.1, -0.05) is 20.8 Å². The Balaban J connectivity index is 2.12. The first-order valence-corrected chi connectivity index (χ1v) is 8.06. The molecule has 0 aliphatic heterocycles. The minimum absolute atomic E-state index is 0.591. The summed E-state index contributed by atoms with van der Waals surface area (Å²) < 4.78 is 7.60. The summed E-state index contributed by atoms with van der Waals surface area (Å²) in [7, 11) is 1.78. The lowest BCUT2D eigenvalue weighted by Gasteiger charge is -2.13. The molecule has 2 N–H and O–H groups in total. The fourth-order valence-electron chi connectivity index (χ4n) is 1.95. The van der Waals surface area contributed by atoms with Gasteiger partial charge in [-0.3, -0.25) is 4.99 Å². The van der Waals surface area contributed by atoms with Crippen LogP contribution in [0.4, 0.5) is 0 Å². The Hall–Kier alpha value is -1.63. The van der Waals surface area contributed by atoms with E-state index < -0.39 is 0 Å². The summed E-state index contributed by atoms with van der Waals surface area (Å²) in [5.41, 5.74) is 0. The maximum Gasteiger partial charge on any atom is 0.191 e. The zero-order valence-corrected chi connectivity index (χ0v) is 14.3. The van der Waals surface area contributed by atoms with Gasteiger partial charge in [-0.2, -0.15) is 0 Å². The molecule has 1 aromatic heterocycles. The molecule has 1 aromatic rings. The van der Waals surface area contributed by atoms with Crippen LogP contribution < -0.4 is 10.6 Å². The molecule has 0 fully saturated rings. The van der Waals surface area contributed by atoms with Crippen molar-refractivity contribution in [3.63, 3.8) is 0 Å². The third-order valence-electron chi connectivity index (χ3n) is 3.09. The highest BCUT2D eigenvalue weighted by Gasteiger charge is 2.02. The Labute approximate surface area is 133 Å². The lowest BCUT2D eigenvalue weighted by atomic mass is 10.2. The number of aryl methyl sites for hydroxylation is 1. The molecular formula is C15H30N6O. The van der Waals surface area contributed by atoms with Crippen LogP contribution in [0.5, 0.6) is 0 Å². The molecule has 0 amide bonds. The predicted molar refractivity (Wildman–Crippen MR) is 89.0 cm³/mol. The summed E-state index contributed by atoms with van der Waals surface area (Å²) in [5, 5.41) is 14.6. The van der Waals surface area contributed by atoms with Crippen molar-refractivity contribution < 1.29 is 4.74 Å². The SMILES string of the molecule is CCc1nncn1CCNC(=NC)NCCCOCC(C)C. The van der Waals surface area contributed by atoms with E-state index in [0.717, 1.165) is 57.5 Å². The largest absolute Gasteiger partial charge is 0.381 e. The number of aliphatic imine (C=N–C) groups is 1. The molecule has 0 bridgehead atoms. The quantitative estimate of drug-likeness (QED) is 0.384. The zero-order chi connectivity index (χ0) is 16.2. The number of ether oxygens (including phenoxy) is 1. The van der Waals surface area contributed by atoms with Crippen molar-refractivity contribution in [2.75, 3.05) is 33.4 Å². The standard InChI is InChI=1S/C15H30N6O/c1-5-14-20-19-12-21(14)9-8-18-15(16-4)17-7-6-10-22-11-13(2)3/h12-13H,5-11H2,1-4H3,(H2,16,17,18). The number of hydrogen-bond donors (Lipinski definition) is 2. The predicted octanol–water partition coefficient (Wildman–Crippen LogP) is 1.07. The van der Waals surface area contributed by atoms with E-state index in [2.05, 4.69) is 51.2 Å². The van der Waals surface area contributed by atoms with E-state index in [4.69, 9.17) is 4.74 Å². The second kappa shape index (κ2) is 11.0. The van der Waals surface area contributed by atoms with E-state index in [9.17, 15) is 0 Å². The number of nitrogens with one attached hydrogen (secondary N) is 2. The van der Waals surface area contributed by atoms with E-state index in [1.165, 1.54) is 0 Å². The van der Waals surface area contributed by atoms with Gasteiger partial charge < -0.3 is 19.9 Å². The Bertz CT molecular complexity index is 429. The Morgan fingerprint density at radius 2 is 2.14 bits per heavy atom. The van der Waals surface area contributed by atoms with Crippen LogP contribution >= 0.6 is 0 Å². The van der Waals surface area contributed by atoms with E-state index in [1.54, 1.807) is 13.4 Å². The normalized spacial score (nSPS) is 12.0. The molecule has 7 nitrogen and oxygen atoms in total. The topological polar surface area (TPSA) is 76.4 Å². The Morgan fingerprint density at radius 1 is 1.36 bits per heavy atom. The van der Waals surface area contributed by atoms with Crippen molar-refractivity contribution in [2.45, 2.75) is 40.2 Å². The summed E-state index contributed by atoms with van der Waals surface area (Å²) in [6, 6.07) is 0. The molecule has 1 rings (SSSR count). The van der Waals surface area contributed by atoms with Gasteiger partial charge in [0.15, 0.2) is 5.96 Å². The molecule has 0 saturated carbocycles. The molecule has 0 aliphatic carbocycles. The highest BCUT2D eigenvalue weighted by molar-refractivity contribution is 5.79. The van der Waals surface area contributed by atoms with Crippen LogP contribution in [0.15, 0.2) is 11.3 Å². The van der Waals surface area contributed by atoms with Crippen LogP contribution in [0, 0.1) is 5.92 Å². The highest BCUT2D eigenvalue weighted by Crippen LogP contribution is 1.95. The van der Waals surface area contributed by atoms with Gasteiger partial charge in [-0.15, -0.1) is 10.2 Å². The number of aromatic nitrogens is 3. The van der Waals surface area contributed by atoms with Gasteiger partial charge in [0.2, 0.25) is 0 Å². The summed E-state index contributed by atoms with van der Waals surface area (Å²) in [6.45, 7) is 10.5. The molecule has 0 saturated heterocycles. The van der Waals surface area contributed by atoms with Gasteiger partial charge in [-0.05, 0) is 12.3 Å². The smallest absolute Gasteiger partial charge is 0.191 e. The van der Waals surface area contributed by atoms with E-state index in [1.807, 2.05) is 0 Å². The Morgan fingerprint density at radius 3 is 2.82 bits per heavy atom. The van der Waals surface area contributed by atoms with Crippen molar-refractivity contribution >= 4 is 5.96 Å². The number of nitrogens with zero attached hydrogens (tertiary/aromatic N) is 4. The van der Waals surface area contributed by atoms with Crippen LogP contribution in [0.1, 0.15) is 33.0 Å². The lowest BCUT2D eigenvalue weighted by Crippen LogP contribution is -2.39. The van der Waals surface area contributed by atoms with Crippen LogP contribution in [-0.4, -0.2) is 54.1 Å². The average molecular weight is 310 g/mol. The molecule has 7 heteroatoms. The maximum atomic E-state index is 5.55. The van der Waals surface area contributed by atoms with Crippen LogP contribution in [0.2, 0.25) is 0 Å². The van der Waals surface area contributed by atoms with E-state index in [0.29, 0.717) is 5.92 Å². The fourth-order valence-corrected chi connectivity index (χ4v) is 1.95. The second-order valence-electron chi connectivity index (χ2n) is 5.54. The van der Waals surface area contributed by atoms with Crippen LogP contribution in [-0.2, 0) is 17.7 Å². The first-order valence-electron chi connectivity index (χ1n) is 8.06. The number of guanidine groups is 1. The summed E-state index contributed by atoms with van der Waals surface area (Å²) >= 11 is 0. The average Bonchev–Trinajstić information content (AvgIpc) is 2.96. The minimum Gasteiger partial charge on any atom is -0.381 e. The molecule has 1 heterocycles. The van der Waals surface area contributed by atoms with Crippen LogP contribution in [0.3, 0.4) is 0 Å².